The van der Waals surface area contributed by atoms with Gasteiger partial charge in [0.25, 0.3) is 0 Å². The quantitative estimate of drug-likeness (QED) is 0.834. The smallest absolute Gasteiger partial charge is 0.230 e. The highest BCUT2D eigenvalue weighted by Crippen LogP contribution is 2.30. The number of carbonyl (C=O) groups is 1. The molecule has 0 N–H and O–H groups in total. The predicted octanol–water partition coefficient (Wildman–Crippen LogP) is 2.25. The van der Waals surface area contributed by atoms with Crippen molar-refractivity contribution in [2.45, 2.75) is 52.6 Å². The van der Waals surface area contributed by atoms with E-state index in [2.05, 4.69) is 20.1 Å². The molecule has 0 saturated carbocycles. The summed E-state index contributed by atoms with van der Waals surface area (Å²) < 4.78 is 10.5. The second-order valence-corrected chi connectivity index (χ2v) is 7.75. The molecule has 5 rings (SSSR count). The van der Waals surface area contributed by atoms with Gasteiger partial charge in [0.1, 0.15) is 11.5 Å². The van der Waals surface area contributed by atoms with Crippen LogP contribution in [0.1, 0.15) is 41.3 Å². The maximum absolute atomic E-state index is 12.8. The highest BCUT2D eigenvalue weighted by molar-refractivity contribution is 5.78. The average molecular weight is 358 g/mol. The highest BCUT2D eigenvalue weighted by Gasteiger charge is 2.37. The second-order valence-electron chi connectivity index (χ2n) is 7.75. The fraction of sp³-hybridized carbons (Fsp3) is 0.632. The number of fused-ring (bicyclic) bond motifs is 4. The van der Waals surface area contributed by atoms with Crippen molar-refractivity contribution in [1.29, 1.82) is 0 Å². The summed E-state index contributed by atoms with van der Waals surface area (Å²) in [5, 5.41) is 7.95. The summed E-state index contributed by atoms with van der Waals surface area (Å²) in [5.74, 6) is 2.22. The van der Waals surface area contributed by atoms with E-state index in [4.69, 9.17) is 9.05 Å². The molecular formula is C19H26N4O3. The number of piperidine rings is 1. The molecule has 0 unspecified atom stereocenters. The third-order valence-corrected chi connectivity index (χ3v) is 5.67. The van der Waals surface area contributed by atoms with Crippen LogP contribution < -0.4 is 0 Å². The molecule has 0 spiro atoms. The van der Waals surface area contributed by atoms with Crippen molar-refractivity contribution in [2.75, 3.05) is 19.6 Å². The van der Waals surface area contributed by atoms with Gasteiger partial charge < -0.3 is 13.9 Å². The average Bonchev–Trinajstić information content (AvgIpc) is 3.02. The van der Waals surface area contributed by atoms with Gasteiger partial charge in [-0.25, -0.2) is 0 Å². The highest BCUT2D eigenvalue weighted by atomic mass is 16.5. The topological polar surface area (TPSA) is 75.6 Å². The zero-order valence-electron chi connectivity index (χ0n) is 15.7. The molecule has 2 bridgehead atoms. The lowest BCUT2D eigenvalue weighted by Crippen LogP contribution is -2.47. The molecule has 0 aliphatic carbocycles. The van der Waals surface area contributed by atoms with Gasteiger partial charge in [0.2, 0.25) is 5.91 Å². The van der Waals surface area contributed by atoms with Crippen molar-refractivity contribution < 1.29 is 13.8 Å². The lowest BCUT2D eigenvalue weighted by Gasteiger charge is -2.36. The maximum atomic E-state index is 12.8. The molecule has 7 heteroatoms. The van der Waals surface area contributed by atoms with Gasteiger partial charge in [-0.05, 0) is 39.5 Å². The number of rotatable bonds is 4. The summed E-state index contributed by atoms with van der Waals surface area (Å²) in [5.41, 5.74) is 2.96. The number of aryl methyl sites for hydroxylation is 3. The number of nitrogens with zero attached hydrogens (tertiary/aromatic N) is 4. The van der Waals surface area contributed by atoms with Crippen LogP contribution >= 0.6 is 0 Å². The zero-order valence-corrected chi connectivity index (χ0v) is 15.7. The van der Waals surface area contributed by atoms with E-state index in [1.54, 1.807) is 0 Å². The van der Waals surface area contributed by atoms with E-state index in [0.29, 0.717) is 18.1 Å². The van der Waals surface area contributed by atoms with Crippen molar-refractivity contribution in [1.82, 2.24) is 20.1 Å². The van der Waals surface area contributed by atoms with Gasteiger partial charge >= 0.3 is 0 Å². The molecule has 1 amide bonds. The van der Waals surface area contributed by atoms with Crippen LogP contribution in [0.5, 0.6) is 0 Å². The lowest BCUT2D eigenvalue weighted by atomic mass is 9.94. The minimum atomic E-state index is 0.148. The maximum Gasteiger partial charge on any atom is 0.230 e. The van der Waals surface area contributed by atoms with Crippen LogP contribution in [-0.4, -0.2) is 51.7 Å². The molecule has 7 nitrogen and oxygen atoms in total. The fourth-order valence-electron chi connectivity index (χ4n) is 4.32. The van der Waals surface area contributed by atoms with E-state index in [0.717, 1.165) is 49.7 Å². The van der Waals surface area contributed by atoms with E-state index in [9.17, 15) is 4.79 Å². The van der Waals surface area contributed by atoms with Crippen LogP contribution in [0, 0.1) is 26.7 Å². The third-order valence-electron chi connectivity index (χ3n) is 5.67. The molecule has 3 aliphatic rings. The second kappa shape index (κ2) is 6.87. The van der Waals surface area contributed by atoms with Gasteiger partial charge in [0.05, 0.1) is 17.8 Å². The Morgan fingerprint density at radius 2 is 2.00 bits per heavy atom. The van der Waals surface area contributed by atoms with Crippen LogP contribution in [0.25, 0.3) is 0 Å². The molecule has 26 heavy (non-hydrogen) atoms. The molecule has 140 valence electrons. The Labute approximate surface area is 153 Å². The number of hydrogen-bond acceptors (Lipinski definition) is 6. The summed E-state index contributed by atoms with van der Waals surface area (Å²) in [6.45, 7) is 9.45. The van der Waals surface area contributed by atoms with E-state index in [-0.39, 0.29) is 11.9 Å². The van der Waals surface area contributed by atoms with Crippen molar-refractivity contribution >= 4 is 5.91 Å². The standard InChI is InChI=1S/C19H26N4O3/c1-12-6-17(26-20-12)7-19(24)23-9-15-4-5-16(23)10-22(8-15)11-18-13(2)21-25-14(18)3/h6,15-16H,4-5,7-11H2,1-3H3/t15-,16+/m0/s1. The largest absolute Gasteiger partial charge is 0.361 e. The van der Waals surface area contributed by atoms with Crippen LogP contribution in [0.4, 0.5) is 0 Å². The van der Waals surface area contributed by atoms with Crippen LogP contribution in [0.2, 0.25) is 0 Å². The van der Waals surface area contributed by atoms with Gasteiger partial charge in [-0.1, -0.05) is 10.3 Å². The third kappa shape index (κ3) is 3.40. The van der Waals surface area contributed by atoms with E-state index < -0.39 is 0 Å². The van der Waals surface area contributed by atoms with Gasteiger partial charge in [-0.2, -0.15) is 0 Å². The first-order valence-electron chi connectivity index (χ1n) is 9.35. The molecule has 3 saturated heterocycles. The molecule has 5 heterocycles. The first-order chi connectivity index (χ1) is 12.5. The SMILES string of the molecule is Cc1cc(CC(=O)N2C[C@H]3CC[C@@H]2CN(Cc2c(C)noc2C)C3)on1. The molecule has 3 fully saturated rings. The van der Waals surface area contributed by atoms with Crippen LogP contribution in [-0.2, 0) is 17.8 Å². The number of hydrogen-bond donors (Lipinski definition) is 0. The minimum absolute atomic E-state index is 0.148. The van der Waals surface area contributed by atoms with E-state index >= 15 is 0 Å². The number of amides is 1. The van der Waals surface area contributed by atoms with Gasteiger partial charge in [-0.15, -0.1) is 0 Å². The molecule has 2 aromatic rings. The minimum Gasteiger partial charge on any atom is -0.361 e. The molecule has 2 aromatic heterocycles. The molecule has 3 aliphatic heterocycles. The number of aromatic nitrogens is 2. The Morgan fingerprint density at radius 1 is 1.15 bits per heavy atom. The Morgan fingerprint density at radius 3 is 2.69 bits per heavy atom. The normalized spacial score (nSPS) is 23.4. The van der Waals surface area contributed by atoms with Gasteiger partial charge in [0, 0.05) is 43.9 Å². The summed E-state index contributed by atoms with van der Waals surface area (Å²) in [7, 11) is 0. The first kappa shape index (κ1) is 17.3. The summed E-state index contributed by atoms with van der Waals surface area (Å²) >= 11 is 0. The van der Waals surface area contributed by atoms with Crippen molar-refractivity contribution in [3.63, 3.8) is 0 Å². The Hall–Kier alpha value is -2.15. The first-order valence-corrected chi connectivity index (χ1v) is 9.35. The van der Waals surface area contributed by atoms with Gasteiger partial charge in [-0.3, -0.25) is 9.69 Å². The molecule has 0 aromatic carbocycles. The predicted molar refractivity (Wildman–Crippen MR) is 94.4 cm³/mol. The van der Waals surface area contributed by atoms with Crippen molar-refractivity contribution in [2.24, 2.45) is 5.92 Å². The molecule has 0 radical (unpaired) electrons. The Balaban J connectivity index is 1.45. The van der Waals surface area contributed by atoms with Gasteiger partial charge in [0.15, 0.2) is 0 Å². The van der Waals surface area contributed by atoms with E-state index in [1.807, 2.05) is 26.8 Å². The molecule has 2 atom stereocenters. The number of carbonyl (C=O) groups excluding carboxylic acids is 1. The Bertz CT molecular complexity index is 777. The van der Waals surface area contributed by atoms with Crippen molar-refractivity contribution in [3.8, 4) is 0 Å². The molecular weight excluding hydrogens is 332 g/mol. The Kier molecular flexibility index (Phi) is 4.56. The monoisotopic (exact) mass is 358 g/mol. The lowest BCUT2D eigenvalue weighted by molar-refractivity contribution is -0.134. The van der Waals surface area contributed by atoms with Crippen molar-refractivity contribution in [3.05, 3.63) is 34.5 Å². The summed E-state index contributed by atoms with van der Waals surface area (Å²) in [6, 6.07) is 2.11. The zero-order chi connectivity index (χ0) is 18.3. The summed E-state index contributed by atoms with van der Waals surface area (Å²) in [6.07, 6.45) is 2.56. The van der Waals surface area contributed by atoms with Crippen LogP contribution in [0.15, 0.2) is 15.1 Å². The fourth-order valence-corrected chi connectivity index (χ4v) is 4.32. The summed E-state index contributed by atoms with van der Waals surface area (Å²) in [4.78, 5) is 17.4. The van der Waals surface area contributed by atoms with E-state index in [1.165, 1.54) is 12.0 Å². The van der Waals surface area contributed by atoms with Crippen LogP contribution in [0.3, 0.4) is 0 Å².